The molecule has 0 radical (unpaired) electrons. The normalized spacial score (nSPS) is 11.6. The van der Waals surface area contributed by atoms with Gasteiger partial charge >= 0.3 is 0 Å². The molecule has 0 amide bonds. The van der Waals surface area contributed by atoms with Gasteiger partial charge in [-0.2, -0.15) is 25.4 Å². The van der Waals surface area contributed by atoms with Crippen LogP contribution in [0.4, 0.5) is 0 Å². The molecule has 12 aromatic heterocycles. The molecule has 12 heterocycles. The Morgan fingerprint density at radius 2 is 1.00 bits per heavy atom. The predicted molar refractivity (Wildman–Crippen MR) is 430 cm³/mol. The third-order valence-corrected chi connectivity index (χ3v) is 16.1. The van der Waals surface area contributed by atoms with Crippen LogP contribution in [0.25, 0.3) is 22.3 Å². The quantitative estimate of drug-likeness (QED) is 0.0827. The predicted octanol–water partition coefficient (Wildman–Crippen LogP) is 20.3. The summed E-state index contributed by atoms with van der Waals surface area (Å²) >= 11 is 1.72. The fourth-order valence-corrected chi connectivity index (χ4v) is 10.5. The number of nitrogens with zero attached hydrogens (tertiary/aromatic N) is 14. The van der Waals surface area contributed by atoms with E-state index in [2.05, 4.69) is 241 Å². The van der Waals surface area contributed by atoms with Gasteiger partial charge in [0.15, 0.2) is 11.5 Å². The summed E-state index contributed by atoms with van der Waals surface area (Å²) in [6.07, 6.45) is 30.0. The van der Waals surface area contributed by atoms with Gasteiger partial charge in [-0.05, 0) is 146 Å². The van der Waals surface area contributed by atoms with Crippen molar-refractivity contribution in [3.8, 4) is 0 Å². The Balaban J connectivity index is 0.000000244. The summed E-state index contributed by atoms with van der Waals surface area (Å²) in [7, 11) is 0. The summed E-state index contributed by atoms with van der Waals surface area (Å²) in [4.78, 5) is 41.5. The number of aryl methyl sites for hydroxylation is 2. The fraction of sp³-hybridized carbons (Fsp3) is 0.476. The average molecular weight is 1440 g/mol. The van der Waals surface area contributed by atoms with E-state index < -0.39 is 0 Å². The Bertz CT molecular complexity index is 4010. The van der Waals surface area contributed by atoms with E-state index in [-0.39, 0.29) is 5.56 Å². The number of aromatic amines is 6. The number of nitrogens with one attached hydrogen (secondary N) is 6. The van der Waals surface area contributed by atoms with Crippen molar-refractivity contribution in [1.29, 1.82) is 0 Å². The molecular weight excluding hydrogens is 1310 g/mol. The van der Waals surface area contributed by atoms with E-state index in [1.807, 2.05) is 105 Å². The Kier molecular flexibility index (Phi) is 39.8. The Labute approximate surface area is 623 Å². The molecule has 0 atom stereocenters. The van der Waals surface area contributed by atoms with Crippen LogP contribution in [0.5, 0.6) is 0 Å². The zero-order valence-corrected chi connectivity index (χ0v) is 67.1. The molecule has 0 aliphatic heterocycles. The Morgan fingerprint density at radius 3 is 1.42 bits per heavy atom. The van der Waals surface area contributed by atoms with Gasteiger partial charge in [0.25, 0.3) is 11.3 Å². The molecule has 0 saturated carbocycles. The van der Waals surface area contributed by atoms with Crippen molar-refractivity contribution in [2.24, 2.45) is 11.8 Å². The number of H-pyrrole nitrogens is 6. The molecule has 0 fully saturated rings. The third-order valence-electron chi connectivity index (χ3n) is 15.1. The number of para-hydroxylation sites is 1. The topological polar surface area (TPSA) is 275 Å². The van der Waals surface area contributed by atoms with E-state index in [1.54, 1.807) is 76.0 Å². The van der Waals surface area contributed by atoms with Crippen LogP contribution in [0.1, 0.15) is 286 Å². The highest BCUT2D eigenvalue weighted by atomic mass is 32.1. The van der Waals surface area contributed by atoms with E-state index >= 15 is 0 Å². The Morgan fingerprint density at radius 1 is 0.442 bits per heavy atom. The van der Waals surface area contributed by atoms with Gasteiger partial charge in [-0.3, -0.25) is 40.1 Å². The van der Waals surface area contributed by atoms with Gasteiger partial charge in [0.2, 0.25) is 0 Å². The lowest BCUT2D eigenvalue weighted by Gasteiger charge is -2.12. The number of aromatic nitrogens is 20. The maximum absolute atomic E-state index is 10.5. The lowest BCUT2D eigenvalue weighted by molar-refractivity contribution is 0.668. The minimum Gasteiger partial charge on any atom is -0.365 e. The van der Waals surface area contributed by atoms with Crippen molar-refractivity contribution in [2.45, 2.75) is 245 Å². The number of fused-ring (bicyclic) bond motifs is 5. The maximum Gasteiger partial charge on any atom is 0.264 e. The van der Waals surface area contributed by atoms with Crippen LogP contribution in [0, 0.1) is 11.8 Å². The molecule has 22 heteroatoms. The highest BCUT2D eigenvalue weighted by Crippen LogP contribution is 2.28. The van der Waals surface area contributed by atoms with Crippen LogP contribution in [0.15, 0.2) is 163 Å². The van der Waals surface area contributed by atoms with Crippen LogP contribution in [-0.2, 0) is 25.7 Å². The van der Waals surface area contributed by atoms with Gasteiger partial charge in [-0.15, -0.1) is 16.4 Å². The maximum atomic E-state index is 10.5. The second-order valence-corrected chi connectivity index (χ2v) is 29.9. The average Bonchev–Trinajstić information content (AvgIpc) is 1.76. The molecule has 6 N–H and O–H groups in total. The third kappa shape index (κ3) is 32.4. The minimum absolute atomic E-state index is 0.0568. The van der Waals surface area contributed by atoms with Crippen molar-refractivity contribution in [3.05, 3.63) is 236 Å². The van der Waals surface area contributed by atoms with Gasteiger partial charge < -0.3 is 10.1 Å². The molecule has 13 aromatic rings. The summed E-state index contributed by atoms with van der Waals surface area (Å²) in [5.41, 5.74) is 14.9. The van der Waals surface area contributed by atoms with Crippen LogP contribution in [0.3, 0.4) is 0 Å². The number of thiazole rings is 1. The second kappa shape index (κ2) is 47.6. The lowest BCUT2D eigenvalue weighted by atomic mass is 9.93. The summed E-state index contributed by atoms with van der Waals surface area (Å²) < 4.78 is 3.49. The molecule has 2 aliphatic carbocycles. The summed E-state index contributed by atoms with van der Waals surface area (Å²) in [6, 6.07) is 25.3. The second-order valence-electron chi connectivity index (χ2n) is 29.0. The molecule has 0 saturated heterocycles. The van der Waals surface area contributed by atoms with Crippen LogP contribution in [0.2, 0.25) is 0 Å². The first-order valence-corrected chi connectivity index (χ1v) is 37.9. The monoisotopic (exact) mass is 1430 g/mol. The SMILES string of the molecule is CC(C)C.CC(C)C.CC(C)c1[nH]nc2ccccc12.CC(C)c1cc(=O)[nH][nH]1.CC(C)c1cc2ncccn2n1.CC(C)c1ccc[nH]1.CC(C)c1n[nH]c2c1CCC2.CC(C)c1n[nH]c2c1CCCC2.CC(C)c1nc2ncccn2n1.CC(C)c1nccs1.c1ccncc1.c1cnccn1. The van der Waals surface area contributed by atoms with Crippen LogP contribution >= 0.6 is 11.3 Å². The molecule has 562 valence electrons. The van der Waals surface area contributed by atoms with Gasteiger partial charge in [-0.1, -0.05) is 177 Å². The molecular formula is C82H122N20OS. The first kappa shape index (κ1) is 86.8. The van der Waals surface area contributed by atoms with Crippen LogP contribution in [-0.4, -0.2) is 99.9 Å². The number of pyridine rings is 1. The molecule has 0 spiro atoms. The molecule has 104 heavy (non-hydrogen) atoms. The van der Waals surface area contributed by atoms with Crippen LogP contribution < -0.4 is 5.56 Å². The zero-order valence-electron chi connectivity index (χ0n) is 66.3. The van der Waals surface area contributed by atoms with E-state index in [0.717, 1.165) is 40.2 Å². The summed E-state index contributed by atoms with van der Waals surface area (Å²) in [5.74, 6) is 7.27. The molecule has 0 bridgehead atoms. The van der Waals surface area contributed by atoms with Crippen molar-refractivity contribution < 1.29 is 0 Å². The smallest absolute Gasteiger partial charge is 0.264 e. The molecule has 15 rings (SSSR count). The summed E-state index contributed by atoms with van der Waals surface area (Å²) in [5, 5.41) is 40.6. The molecule has 1 aromatic carbocycles. The first-order valence-electron chi connectivity index (χ1n) is 37.1. The van der Waals surface area contributed by atoms with Gasteiger partial charge in [0.1, 0.15) is 0 Å². The van der Waals surface area contributed by atoms with Crippen molar-refractivity contribution in [3.63, 3.8) is 0 Å². The number of hydrogen-bond donors (Lipinski definition) is 6. The lowest BCUT2D eigenvalue weighted by Crippen LogP contribution is -2.03. The fourth-order valence-electron chi connectivity index (χ4n) is 9.80. The molecule has 2 aliphatic rings. The zero-order chi connectivity index (χ0) is 76.5. The van der Waals surface area contributed by atoms with E-state index in [0.29, 0.717) is 53.1 Å². The molecule has 21 nitrogen and oxygen atoms in total. The van der Waals surface area contributed by atoms with Gasteiger partial charge in [-0.25, -0.2) is 24.0 Å². The Hall–Kier alpha value is -9.57. The van der Waals surface area contributed by atoms with Crippen molar-refractivity contribution >= 4 is 33.7 Å². The summed E-state index contributed by atoms with van der Waals surface area (Å²) in [6.45, 7) is 47.3. The van der Waals surface area contributed by atoms with Gasteiger partial charge in [0.05, 0.1) is 27.6 Å². The van der Waals surface area contributed by atoms with E-state index in [1.165, 1.54) is 101 Å². The highest BCUT2D eigenvalue weighted by Gasteiger charge is 2.20. The number of benzene rings is 1. The van der Waals surface area contributed by atoms with E-state index in [4.69, 9.17) is 0 Å². The minimum atomic E-state index is -0.0568. The standard InChI is InChI=1S/C10H16N2.C10H12N2.C9H11N3.C9H14N2.C8H10N4.C7H11N.C6H10N2O.C6H9NS.C5H5N.C4H4N2.2C4H10/c2*1-7(2)10-8-5-3-4-6-9(8)11-12-10;1-7(2)8-6-9-10-4-3-5-12(9)11-8;1-6(2)9-7-4-3-5-8(7)10-11-9;1-6(2)7-10-8-9-4-3-5-12(8)11-7;1-6(2)7-4-3-5-8-7;1-4(2)5-3-6(9)8-7-5;1-5(2)6-7-3-4-8-6;1-2-4-6-5-3-1;1-2-6-4-3-5-1;2*1-4(2)3/h7H,3-6H2,1-2H3,(H,11,12);3-7H,1-2H3,(H,11,12);3-7H,1-2H3;6H,3-5H2,1-2H3,(H,10,11);3-6H,1-2H3;3-6,8H,1-2H3;3-4H,1-2H3,(H2,7,8,9);3-5H,1-2H3;1-5H;1-4H;2*4H,1-3H3. The van der Waals surface area contributed by atoms with Crippen molar-refractivity contribution in [1.82, 2.24) is 99.9 Å². The first-order chi connectivity index (χ1) is 49.7. The largest absolute Gasteiger partial charge is 0.365 e. The number of rotatable bonds is 8. The van der Waals surface area contributed by atoms with Gasteiger partial charge in [0, 0.05) is 138 Å². The molecule has 0 unspecified atom stereocenters. The highest BCUT2D eigenvalue weighted by molar-refractivity contribution is 7.09. The number of hydrogen-bond acceptors (Lipinski definition) is 14. The van der Waals surface area contributed by atoms with E-state index in [9.17, 15) is 4.79 Å². The van der Waals surface area contributed by atoms with Crippen molar-refractivity contribution in [2.75, 3.05) is 0 Å².